The number of amides is 1. The van der Waals surface area contributed by atoms with Crippen LogP contribution in [0.2, 0.25) is 0 Å². The van der Waals surface area contributed by atoms with Crippen LogP contribution in [0.25, 0.3) is 10.9 Å². The van der Waals surface area contributed by atoms with Crippen molar-refractivity contribution >= 4 is 46.0 Å². The summed E-state index contributed by atoms with van der Waals surface area (Å²) >= 11 is 5.26. The second-order valence-corrected chi connectivity index (χ2v) is 8.35. The van der Waals surface area contributed by atoms with E-state index in [0.29, 0.717) is 17.2 Å². The number of fused-ring (bicyclic) bond motifs is 1. The van der Waals surface area contributed by atoms with Crippen LogP contribution in [0.3, 0.4) is 0 Å². The first-order valence-corrected chi connectivity index (χ1v) is 11.4. The number of aromatic nitrogens is 2. The second kappa shape index (κ2) is 10.7. The summed E-state index contributed by atoms with van der Waals surface area (Å²) in [5.41, 5.74) is 9.41. The highest BCUT2D eigenvalue weighted by atomic mass is 32.1. The number of hydrazone groups is 1. The van der Waals surface area contributed by atoms with Crippen molar-refractivity contribution in [2.45, 2.75) is 20.3 Å². The van der Waals surface area contributed by atoms with E-state index in [9.17, 15) is 4.79 Å². The molecular formula is C26H26N6OS. The van der Waals surface area contributed by atoms with E-state index in [1.165, 1.54) is 10.9 Å². The van der Waals surface area contributed by atoms with Gasteiger partial charge in [0.25, 0.3) is 5.91 Å². The van der Waals surface area contributed by atoms with Crippen LogP contribution in [-0.2, 0) is 6.42 Å². The van der Waals surface area contributed by atoms with Crippen molar-refractivity contribution in [1.82, 2.24) is 20.7 Å². The number of hydrogen-bond donors (Lipinski definition) is 4. The average molecular weight is 471 g/mol. The molecule has 8 heteroatoms. The molecule has 0 saturated carbocycles. The number of anilines is 1. The highest BCUT2D eigenvalue weighted by Gasteiger charge is 2.09. The summed E-state index contributed by atoms with van der Waals surface area (Å²) in [6.07, 6.45) is 4.14. The molecule has 0 bridgehead atoms. The van der Waals surface area contributed by atoms with Gasteiger partial charge < -0.3 is 15.6 Å². The molecule has 0 unspecified atom stereocenters. The van der Waals surface area contributed by atoms with Gasteiger partial charge in [-0.25, -0.2) is 0 Å². The predicted octanol–water partition coefficient (Wildman–Crippen LogP) is 4.47. The SMILES string of the molecule is Cc1ccc(/C=N/NC(=S)Nc2ccc(C(=O)NCCc3c(C)[nH]c4ccccc34)cc2)nc1. The van der Waals surface area contributed by atoms with Gasteiger partial charge in [0.05, 0.1) is 11.9 Å². The molecule has 7 nitrogen and oxygen atoms in total. The first-order valence-electron chi connectivity index (χ1n) is 11.0. The lowest BCUT2D eigenvalue weighted by Crippen LogP contribution is -2.26. The zero-order chi connectivity index (χ0) is 23.9. The highest BCUT2D eigenvalue weighted by Crippen LogP contribution is 2.22. The molecule has 0 fully saturated rings. The molecule has 0 aliphatic carbocycles. The van der Waals surface area contributed by atoms with Crippen LogP contribution in [0.4, 0.5) is 5.69 Å². The third kappa shape index (κ3) is 5.85. The van der Waals surface area contributed by atoms with Crippen molar-refractivity contribution in [3.63, 3.8) is 0 Å². The van der Waals surface area contributed by atoms with Gasteiger partial charge in [0.2, 0.25) is 0 Å². The molecule has 0 atom stereocenters. The summed E-state index contributed by atoms with van der Waals surface area (Å²) in [5, 5.41) is 11.7. The summed E-state index contributed by atoms with van der Waals surface area (Å²) in [6.45, 7) is 4.60. The minimum absolute atomic E-state index is 0.111. The van der Waals surface area contributed by atoms with Gasteiger partial charge in [-0.2, -0.15) is 5.10 Å². The number of carbonyl (C=O) groups excluding carboxylic acids is 1. The number of benzene rings is 2. The number of carbonyl (C=O) groups is 1. The molecule has 2 heterocycles. The fraction of sp³-hybridized carbons (Fsp3) is 0.154. The van der Waals surface area contributed by atoms with Gasteiger partial charge in [0.1, 0.15) is 0 Å². The van der Waals surface area contributed by atoms with Gasteiger partial charge in [-0.05, 0) is 80.0 Å². The van der Waals surface area contributed by atoms with Crippen molar-refractivity contribution in [3.05, 3.63) is 94.9 Å². The Hall–Kier alpha value is -4.04. The summed E-state index contributed by atoms with van der Waals surface area (Å²) in [4.78, 5) is 20.2. The quantitative estimate of drug-likeness (QED) is 0.182. The number of aryl methyl sites for hydroxylation is 2. The number of hydrogen-bond acceptors (Lipinski definition) is 4. The van der Waals surface area contributed by atoms with Crippen molar-refractivity contribution in [3.8, 4) is 0 Å². The van der Waals surface area contributed by atoms with Gasteiger partial charge in [-0.15, -0.1) is 0 Å². The summed E-state index contributed by atoms with van der Waals surface area (Å²) in [7, 11) is 0. The third-order valence-electron chi connectivity index (χ3n) is 5.39. The molecule has 1 amide bonds. The zero-order valence-electron chi connectivity index (χ0n) is 19.1. The molecule has 0 radical (unpaired) electrons. The first kappa shape index (κ1) is 23.1. The lowest BCUT2D eigenvalue weighted by molar-refractivity contribution is 0.0954. The van der Waals surface area contributed by atoms with E-state index in [1.54, 1.807) is 36.7 Å². The van der Waals surface area contributed by atoms with Crippen LogP contribution in [0.1, 0.15) is 32.9 Å². The van der Waals surface area contributed by atoms with Crippen LogP contribution in [0.5, 0.6) is 0 Å². The molecule has 2 aromatic carbocycles. The van der Waals surface area contributed by atoms with Crippen molar-refractivity contribution in [2.24, 2.45) is 5.10 Å². The fourth-order valence-corrected chi connectivity index (χ4v) is 3.81. The normalized spacial score (nSPS) is 11.0. The Balaban J connectivity index is 1.25. The molecule has 4 rings (SSSR count). The molecule has 4 aromatic rings. The smallest absolute Gasteiger partial charge is 0.251 e. The molecule has 0 aliphatic rings. The summed E-state index contributed by atoms with van der Waals surface area (Å²) < 4.78 is 0. The van der Waals surface area contributed by atoms with E-state index in [4.69, 9.17) is 12.2 Å². The van der Waals surface area contributed by atoms with E-state index in [1.807, 2.05) is 31.2 Å². The molecule has 4 N–H and O–H groups in total. The standard InChI is InChI=1S/C26H26N6OS/c1-17-7-10-21(28-15-17)16-29-32-26(34)31-20-11-8-19(9-12-20)25(33)27-14-13-22-18(2)30-24-6-4-3-5-23(22)24/h3-12,15-16,30H,13-14H2,1-2H3,(H,27,33)(H2,31,32,34)/b29-16+. The van der Waals surface area contributed by atoms with Crippen molar-refractivity contribution in [2.75, 3.05) is 11.9 Å². The number of H-pyrrole nitrogens is 1. The maximum atomic E-state index is 12.5. The number of rotatable bonds is 7. The Morgan fingerprint density at radius 1 is 1.09 bits per heavy atom. The summed E-state index contributed by atoms with van der Waals surface area (Å²) in [6, 6.07) is 19.2. The van der Waals surface area contributed by atoms with Gasteiger partial charge in [-0.1, -0.05) is 24.3 Å². The van der Waals surface area contributed by atoms with Crippen molar-refractivity contribution in [1.29, 1.82) is 0 Å². The maximum Gasteiger partial charge on any atom is 0.251 e. The first-order chi connectivity index (χ1) is 16.5. The lowest BCUT2D eigenvalue weighted by atomic mass is 10.1. The number of para-hydroxylation sites is 1. The van der Waals surface area contributed by atoms with Crippen LogP contribution in [0.15, 0.2) is 72.0 Å². The van der Waals surface area contributed by atoms with Gasteiger partial charge in [0.15, 0.2) is 5.11 Å². The van der Waals surface area contributed by atoms with Crippen LogP contribution < -0.4 is 16.1 Å². The molecular weight excluding hydrogens is 444 g/mol. The van der Waals surface area contributed by atoms with E-state index in [2.05, 4.69) is 50.2 Å². The largest absolute Gasteiger partial charge is 0.358 e. The second-order valence-electron chi connectivity index (χ2n) is 7.94. The Kier molecular flexibility index (Phi) is 7.29. The highest BCUT2D eigenvalue weighted by molar-refractivity contribution is 7.80. The number of nitrogens with one attached hydrogen (secondary N) is 4. The lowest BCUT2D eigenvalue weighted by Gasteiger charge is -2.09. The Labute approximate surface area is 203 Å². The Bertz CT molecular complexity index is 1330. The van der Waals surface area contributed by atoms with E-state index < -0.39 is 0 Å². The number of nitrogens with zero attached hydrogens (tertiary/aromatic N) is 2. The van der Waals surface area contributed by atoms with E-state index in [0.717, 1.165) is 34.6 Å². The molecule has 2 aromatic heterocycles. The topological polar surface area (TPSA) is 94.2 Å². The van der Waals surface area contributed by atoms with E-state index in [-0.39, 0.29) is 5.91 Å². The van der Waals surface area contributed by atoms with E-state index >= 15 is 0 Å². The van der Waals surface area contributed by atoms with Crippen LogP contribution in [0, 0.1) is 13.8 Å². The van der Waals surface area contributed by atoms with Crippen molar-refractivity contribution < 1.29 is 4.79 Å². The van der Waals surface area contributed by atoms with Crippen LogP contribution >= 0.6 is 12.2 Å². The summed E-state index contributed by atoms with van der Waals surface area (Å²) in [5.74, 6) is -0.111. The number of pyridine rings is 1. The zero-order valence-corrected chi connectivity index (χ0v) is 19.9. The molecule has 0 saturated heterocycles. The number of aromatic amines is 1. The maximum absolute atomic E-state index is 12.5. The Morgan fingerprint density at radius 3 is 2.65 bits per heavy atom. The number of thiocarbonyl (C=S) groups is 1. The molecule has 0 spiro atoms. The van der Waals surface area contributed by atoms with Gasteiger partial charge >= 0.3 is 0 Å². The van der Waals surface area contributed by atoms with Crippen LogP contribution in [-0.4, -0.2) is 33.7 Å². The molecule has 0 aliphatic heterocycles. The van der Waals surface area contributed by atoms with Gasteiger partial charge in [0, 0.05) is 40.6 Å². The third-order valence-corrected chi connectivity index (χ3v) is 5.58. The minimum atomic E-state index is -0.111. The molecule has 34 heavy (non-hydrogen) atoms. The minimum Gasteiger partial charge on any atom is -0.358 e. The monoisotopic (exact) mass is 470 g/mol. The predicted molar refractivity (Wildman–Crippen MR) is 141 cm³/mol. The fourth-order valence-electron chi connectivity index (χ4n) is 3.64. The van der Waals surface area contributed by atoms with Gasteiger partial charge in [-0.3, -0.25) is 15.2 Å². The Morgan fingerprint density at radius 2 is 1.88 bits per heavy atom. The molecule has 172 valence electrons. The average Bonchev–Trinajstić information content (AvgIpc) is 3.16.